The Balaban J connectivity index is 2.68. The van der Waals surface area contributed by atoms with E-state index < -0.39 is 15.8 Å². The molecule has 0 amide bonds. The van der Waals surface area contributed by atoms with Gasteiger partial charge >= 0.3 is 0 Å². The Morgan fingerprint density at radius 2 is 1.95 bits per heavy atom. The first-order valence-electron chi connectivity index (χ1n) is 5.76. The second-order valence-corrected chi connectivity index (χ2v) is 7.08. The van der Waals surface area contributed by atoms with Gasteiger partial charge in [-0.15, -0.1) is 0 Å². The SMILES string of the molecule is CSC(CO)C(C)NS(=O)(=O)Cc1ccc(F)cc1. The summed E-state index contributed by atoms with van der Waals surface area (Å²) in [5.74, 6) is -0.602. The minimum Gasteiger partial charge on any atom is -0.395 e. The largest absolute Gasteiger partial charge is 0.395 e. The number of aliphatic hydroxyl groups is 1. The molecule has 0 spiro atoms. The van der Waals surface area contributed by atoms with E-state index in [1.54, 1.807) is 6.92 Å². The molecule has 2 atom stereocenters. The number of aliphatic hydroxyl groups excluding tert-OH is 1. The van der Waals surface area contributed by atoms with Crippen molar-refractivity contribution in [2.45, 2.75) is 24.0 Å². The number of hydrogen-bond acceptors (Lipinski definition) is 4. The summed E-state index contributed by atoms with van der Waals surface area (Å²) in [7, 11) is -3.51. The van der Waals surface area contributed by atoms with E-state index in [4.69, 9.17) is 5.11 Å². The second kappa shape index (κ2) is 7.23. The molecule has 2 unspecified atom stereocenters. The lowest BCUT2D eigenvalue weighted by atomic mass is 10.2. The highest BCUT2D eigenvalue weighted by Crippen LogP contribution is 2.13. The number of sulfonamides is 1. The van der Waals surface area contributed by atoms with E-state index in [2.05, 4.69) is 4.72 Å². The van der Waals surface area contributed by atoms with Crippen LogP contribution in [0.4, 0.5) is 4.39 Å². The second-order valence-electron chi connectivity index (χ2n) is 4.25. The minimum atomic E-state index is -3.51. The van der Waals surface area contributed by atoms with E-state index in [1.807, 2.05) is 6.26 Å². The first kappa shape index (κ1) is 16.4. The Hall–Kier alpha value is -0.630. The zero-order valence-corrected chi connectivity index (χ0v) is 12.5. The first-order chi connectivity index (χ1) is 8.88. The normalized spacial score (nSPS) is 15.2. The van der Waals surface area contributed by atoms with Crippen molar-refractivity contribution >= 4 is 21.8 Å². The van der Waals surface area contributed by atoms with Crippen LogP contribution in [0.2, 0.25) is 0 Å². The zero-order valence-electron chi connectivity index (χ0n) is 10.8. The highest BCUT2D eigenvalue weighted by molar-refractivity contribution is 7.99. The Labute approximate surface area is 117 Å². The highest BCUT2D eigenvalue weighted by Gasteiger charge is 2.21. The molecule has 0 bridgehead atoms. The van der Waals surface area contributed by atoms with Crippen LogP contribution in [0, 0.1) is 5.82 Å². The average Bonchev–Trinajstić information content (AvgIpc) is 2.32. The molecule has 108 valence electrons. The van der Waals surface area contributed by atoms with Crippen molar-refractivity contribution < 1.29 is 17.9 Å². The summed E-state index contributed by atoms with van der Waals surface area (Å²) in [6, 6.07) is 4.97. The smallest absolute Gasteiger partial charge is 0.216 e. The van der Waals surface area contributed by atoms with Crippen molar-refractivity contribution in [3.05, 3.63) is 35.6 Å². The minimum absolute atomic E-state index is 0.0958. The molecule has 4 nitrogen and oxygen atoms in total. The summed E-state index contributed by atoms with van der Waals surface area (Å²) in [6.07, 6.45) is 1.81. The molecule has 1 aromatic carbocycles. The lowest BCUT2D eigenvalue weighted by Crippen LogP contribution is -2.41. The third kappa shape index (κ3) is 5.48. The average molecular weight is 307 g/mol. The molecule has 1 aromatic rings. The van der Waals surface area contributed by atoms with Gasteiger partial charge in [0.25, 0.3) is 0 Å². The Bertz CT molecular complexity index is 486. The Morgan fingerprint density at radius 3 is 2.42 bits per heavy atom. The molecule has 0 aliphatic rings. The molecule has 19 heavy (non-hydrogen) atoms. The van der Waals surface area contributed by atoms with Crippen molar-refractivity contribution in [1.29, 1.82) is 0 Å². The molecule has 2 N–H and O–H groups in total. The fourth-order valence-corrected chi connectivity index (χ4v) is 3.79. The van der Waals surface area contributed by atoms with Crippen LogP contribution >= 0.6 is 11.8 Å². The van der Waals surface area contributed by atoms with Crippen molar-refractivity contribution in [3.8, 4) is 0 Å². The van der Waals surface area contributed by atoms with E-state index in [-0.39, 0.29) is 23.7 Å². The van der Waals surface area contributed by atoms with E-state index in [1.165, 1.54) is 36.0 Å². The van der Waals surface area contributed by atoms with Gasteiger partial charge in [-0.3, -0.25) is 0 Å². The van der Waals surface area contributed by atoms with Crippen molar-refractivity contribution in [2.24, 2.45) is 0 Å². The summed E-state index contributed by atoms with van der Waals surface area (Å²) in [4.78, 5) is 0. The fraction of sp³-hybridized carbons (Fsp3) is 0.500. The van der Waals surface area contributed by atoms with Gasteiger partial charge in [0.15, 0.2) is 0 Å². The van der Waals surface area contributed by atoms with Gasteiger partial charge in [0.1, 0.15) is 5.82 Å². The van der Waals surface area contributed by atoms with Gasteiger partial charge in [0.2, 0.25) is 10.0 Å². The van der Waals surface area contributed by atoms with Crippen LogP contribution in [-0.2, 0) is 15.8 Å². The van der Waals surface area contributed by atoms with Crippen LogP contribution in [0.3, 0.4) is 0 Å². The van der Waals surface area contributed by atoms with E-state index in [0.717, 1.165) is 0 Å². The monoisotopic (exact) mass is 307 g/mol. The van der Waals surface area contributed by atoms with Gasteiger partial charge in [-0.05, 0) is 30.9 Å². The molecular formula is C12H18FNO3S2. The quantitative estimate of drug-likeness (QED) is 0.798. The van der Waals surface area contributed by atoms with E-state index in [9.17, 15) is 12.8 Å². The Morgan fingerprint density at radius 1 is 1.37 bits per heavy atom. The number of halogens is 1. The fourth-order valence-electron chi connectivity index (χ4n) is 1.64. The van der Waals surface area contributed by atoms with Gasteiger partial charge in [0, 0.05) is 11.3 Å². The molecule has 1 rings (SSSR count). The molecule has 0 fully saturated rings. The van der Waals surface area contributed by atoms with Crippen LogP contribution in [-0.4, -0.2) is 37.7 Å². The van der Waals surface area contributed by atoms with Crippen molar-refractivity contribution in [3.63, 3.8) is 0 Å². The number of nitrogens with one attached hydrogen (secondary N) is 1. The predicted octanol–water partition coefficient (Wildman–Crippen LogP) is 1.36. The molecule has 0 aliphatic heterocycles. The summed E-state index contributed by atoms with van der Waals surface area (Å²) < 4.78 is 39.1. The van der Waals surface area contributed by atoms with Crippen LogP contribution in [0.5, 0.6) is 0 Å². The van der Waals surface area contributed by atoms with Crippen LogP contribution in [0.25, 0.3) is 0 Å². The molecule has 0 saturated heterocycles. The number of thioether (sulfide) groups is 1. The molecule has 0 saturated carbocycles. The summed E-state index contributed by atoms with van der Waals surface area (Å²) in [5.41, 5.74) is 0.519. The van der Waals surface area contributed by atoms with Crippen molar-refractivity contribution in [1.82, 2.24) is 4.72 Å². The van der Waals surface area contributed by atoms with E-state index in [0.29, 0.717) is 5.56 Å². The van der Waals surface area contributed by atoms with Gasteiger partial charge in [-0.2, -0.15) is 11.8 Å². The third-order valence-corrected chi connectivity index (χ3v) is 5.28. The van der Waals surface area contributed by atoms with Gasteiger partial charge in [-0.1, -0.05) is 12.1 Å². The van der Waals surface area contributed by atoms with Gasteiger partial charge in [-0.25, -0.2) is 17.5 Å². The van der Waals surface area contributed by atoms with Crippen LogP contribution in [0.1, 0.15) is 12.5 Å². The summed E-state index contributed by atoms with van der Waals surface area (Å²) in [6.45, 7) is 1.61. The van der Waals surface area contributed by atoms with Crippen molar-refractivity contribution in [2.75, 3.05) is 12.9 Å². The standard InChI is InChI=1S/C12H18FNO3S2/c1-9(12(7-15)18-2)14-19(16,17)8-10-3-5-11(13)6-4-10/h3-6,9,12,14-15H,7-8H2,1-2H3. The maximum Gasteiger partial charge on any atom is 0.216 e. The molecule has 0 aromatic heterocycles. The number of rotatable bonds is 7. The van der Waals surface area contributed by atoms with Gasteiger partial charge in [0.05, 0.1) is 12.4 Å². The molecule has 7 heteroatoms. The van der Waals surface area contributed by atoms with Crippen LogP contribution in [0.15, 0.2) is 24.3 Å². The molecular weight excluding hydrogens is 289 g/mol. The maximum atomic E-state index is 12.7. The van der Waals surface area contributed by atoms with Gasteiger partial charge < -0.3 is 5.11 Å². The molecule has 0 radical (unpaired) electrons. The molecule has 0 heterocycles. The van der Waals surface area contributed by atoms with E-state index >= 15 is 0 Å². The number of hydrogen-bond donors (Lipinski definition) is 2. The third-order valence-electron chi connectivity index (χ3n) is 2.68. The summed E-state index contributed by atoms with van der Waals surface area (Å²) in [5, 5.41) is 8.92. The topological polar surface area (TPSA) is 66.4 Å². The maximum absolute atomic E-state index is 12.7. The summed E-state index contributed by atoms with van der Waals surface area (Å²) >= 11 is 1.40. The Kier molecular flexibility index (Phi) is 6.25. The lowest BCUT2D eigenvalue weighted by molar-refractivity contribution is 0.282. The lowest BCUT2D eigenvalue weighted by Gasteiger charge is -2.21. The zero-order chi connectivity index (χ0) is 14.5. The van der Waals surface area contributed by atoms with Crippen LogP contribution < -0.4 is 4.72 Å². The first-order valence-corrected chi connectivity index (χ1v) is 8.70. The molecule has 0 aliphatic carbocycles. The predicted molar refractivity (Wildman–Crippen MR) is 76.0 cm³/mol. The highest BCUT2D eigenvalue weighted by atomic mass is 32.2. The number of benzene rings is 1.